The third-order valence-electron chi connectivity index (χ3n) is 3.88. The van der Waals surface area contributed by atoms with E-state index in [0.29, 0.717) is 29.4 Å². The number of carbonyl (C=O) groups is 1. The van der Waals surface area contributed by atoms with E-state index >= 15 is 0 Å². The SMILES string of the molecule is COc1ccc(C(=O)NCCCn2nc(C)cc2C)c(OC)c1OC. The Balaban J connectivity index is 2.00. The van der Waals surface area contributed by atoms with Crippen molar-refractivity contribution in [3.05, 3.63) is 35.2 Å². The number of benzene rings is 1. The molecule has 136 valence electrons. The van der Waals surface area contributed by atoms with Gasteiger partial charge in [0.1, 0.15) is 0 Å². The zero-order valence-electron chi connectivity index (χ0n) is 15.4. The molecule has 0 saturated carbocycles. The number of aromatic nitrogens is 2. The molecular weight excluding hydrogens is 322 g/mol. The van der Waals surface area contributed by atoms with Crippen LogP contribution in [0.2, 0.25) is 0 Å². The van der Waals surface area contributed by atoms with Crippen molar-refractivity contribution >= 4 is 5.91 Å². The van der Waals surface area contributed by atoms with Gasteiger partial charge in [-0.3, -0.25) is 9.48 Å². The molecule has 0 radical (unpaired) electrons. The van der Waals surface area contributed by atoms with Crippen molar-refractivity contribution in [2.45, 2.75) is 26.8 Å². The van der Waals surface area contributed by atoms with Crippen molar-refractivity contribution in [2.24, 2.45) is 0 Å². The van der Waals surface area contributed by atoms with Gasteiger partial charge in [0.15, 0.2) is 11.5 Å². The predicted molar refractivity (Wildman–Crippen MR) is 94.7 cm³/mol. The number of nitrogens with zero attached hydrogens (tertiary/aromatic N) is 2. The van der Waals surface area contributed by atoms with Crippen molar-refractivity contribution in [2.75, 3.05) is 27.9 Å². The normalized spacial score (nSPS) is 10.4. The van der Waals surface area contributed by atoms with Crippen molar-refractivity contribution in [3.8, 4) is 17.2 Å². The molecule has 2 rings (SSSR count). The lowest BCUT2D eigenvalue weighted by Gasteiger charge is -2.15. The van der Waals surface area contributed by atoms with Gasteiger partial charge in [-0.2, -0.15) is 5.10 Å². The Morgan fingerprint density at radius 1 is 1.12 bits per heavy atom. The van der Waals surface area contributed by atoms with Crippen LogP contribution >= 0.6 is 0 Å². The second kappa shape index (κ2) is 8.41. The predicted octanol–water partition coefficient (Wildman–Crippen LogP) is 2.35. The Morgan fingerprint density at radius 2 is 1.84 bits per heavy atom. The maximum absolute atomic E-state index is 12.5. The van der Waals surface area contributed by atoms with Gasteiger partial charge in [0, 0.05) is 18.8 Å². The highest BCUT2D eigenvalue weighted by Crippen LogP contribution is 2.39. The number of nitrogens with one attached hydrogen (secondary N) is 1. The number of hydrogen-bond donors (Lipinski definition) is 1. The van der Waals surface area contributed by atoms with Crippen LogP contribution in [0.3, 0.4) is 0 Å². The number of carbonyl (C=O) groups excluding carboxylic acids is 1. The smallest absolute Gasteiger partial charge is 0.255 e. The fraction of sp³-hybridized carbons (Fsp3) is 0.444. The van der Waals surface area contributed by atoms with Gasteiger partial charge < -0.3 is 19.5 Å². The fourth-order valence-electron chi connectivity index (χ4n) is 2.71. The lowest BCUT2D eigenvalue weighted by Crippen LogP contribution is -2.26. The number of methoxy groups -OCH3 is 3. The van der Waals surface area contributed by atoms with E-state index in [2.05, 4.69) is 10.4 Å². The minimum Gasteiger partial charge on any atom is -0.493 e. The number of ether oxygens (including phenoxy) is 3. The number of aryl methyl sites for hydroxylation is 3. The molecule has 7 heteroatoms. The molecule has 1 aromatic carbocycles. The summed E-state index contributed by atoms with van der Waals surface area (Å²) in [6, 6.07) is 5.38. The van der Waals surface area contributed by atoms with Gasteiger partial charge in [-0.15, -0.1) is 0 Å². The maximum atomic E-state index is 12.5. The largest absolute Gasteiger partial charge is 0.493 e. The molecular formula is C18H25N3O4. The summed E-state index contributed by atoms with van der Waals surface area (Å²) in [4.78, 5) is 12.5. The van der Waals surface area contributed by atoms with E-state index < -0.39 is 0 Å². The van der Waals surface area contributed by atoms with Crippen LogP contribution in [-0.4, -0.2) is 43.6 Å². The third kappa shape index (κ3) is 4.23. The Hall–Kier alpha value is -2.70. The molecule has 0 aliphatic rings. The molecule has 0 atom stereocenters. The summed E-state index contributed by atoms with van der Waals surface area (Å²) in [5.74, 6) is 1.06. The van der Waals surface area contributed by atoms with E-state index in [1.807, 2.05) is 24.6 Å². The lowest BCUT2D eigenvalue weighted by molar-refractivity contribution is 0.0948. The first kappa shape index (κ1) is 18.6. The molecule has 0 bridgehead atoms. The van der Waals surface area contributed by atoms with Gasteiger partial charge in [0.2, 0.25) is 5.75 Å². The quantitative estimate of drug-likeness (QED) is 0.742. The van der Waals surface area contributed by atoms with E-state index in [1.54, 1.807) is 12.1 Å². The standard InChI is InChI=1S/C18H25N3O4/c1-12-11-13(2)21(20-12)10-6-9-19-18(22)14-7-8-15(23-3)17(25-5)16(14)24-4/h7-8,11H,6,9-10H2,1-5H3,(H,19,22). The maximum Gasteiger partial charge on any atom is 0.255 e. The van der Waals surface area contributed by atoms with Crippen LogP contribution in [-0.2, 0) is 6.54 Å². The first-order chi connectivity index (χ1) is 12.0. The van der Waals surface area contributed by atoms with Gasteiger partial charge in [-0.1, -0.05) is 0 Å². The summed E-state index contributed by atoms with van der Waals surface area (Å²) >= 11 is 0. The Morgan fingerprint density at radius 3 is 2.40 bits per heavy atom. The molecule has 0 unspecified atom stereocenters. The second-order valence-corrected chi connectivity index (χ2v) is 5.64. The first-order valence-electron chi connectivity index (χ1n) is 8.10. The summed E-state index contributed by atoms with van der Waals surface area (Å²) in [6.07, 6.45) is 0.781. The van der Waals surface area contributed by atoms with Crippen molar-refractivity contribution in [1.29, 1.82) is 0 Å². The zero-order chi connectivity index (χ0) is 18.4. The van der Waals surface area contributed by atoms with Crippen molar-refractivity contribution in [3.63, 3.8) is 0 Å². The molecule has 0 spiro atoms. The van der Waals surface area contributed by atoms with E-state index in [9.17, 15) is 4.79 Å². The van der Waals surface area contributed by atoms with Gasteiger partial charge in [0.25, 0.3) is 5.91 Å². The monoisotopic (exact) mass is 347 g/mol. The van der Waals surface area contributed by atoms with E-state index in [0.717, 1.165) is 24.4 Å². The van der Waals surface area contributed by atoms with Crippen LogP contribution in [0, 0.1) is 13.8 Å². The number of amides is 1. The van der Waals surface area contributed by atoms with Gasteiger partial charge in [-0.05, 0) is 38.5 Å². The molecule has 0 fully saturated rings. The van der Waals surface area contributed by atoms with Crippen LogP contribution in [0.1, 0.15) is 28.2 Å². The fourth-order valence-corrected chi connectivity index (χ4v) is 2.71. The molecule has 2 aromatic rings. The summed E-state index contributed by atoms with van der Waals surface area (Å²) in [5.41, 5.74) is 2.52. The van der Waals surface area contributed by atoms with E-state index in [-0.39, 0.29) is 5.91 Å². The minimum atomic E-state index is -0.217. The summed E-state index contributed by atoms with van der Waals surface area (Å²) in [5, 5.41) is 7.31. The average molecular weight is 347 g/mol. The summed E-state index contributed by atoms with van der Waals surface area (Å²) in [6.45, 7) is 5.28. The highest BCUT2D eigenvalue weighted by Gasteiger charge is 2.20. The molecule has 1 amide bonds. The van der Waals surface area contributed by atoms with Gasteiger partial charge in [-0.25, -0.2) is 0 Å². The van der Waals surface area contributed by atoms with Crippen molar-refractivity contribution < 1.29 is 19.0 Å². The van der Waals surface area contributed by atoms with Crippen molar-refractivity contribution in [1.82, 2.24) is 15.1 Å². The lowest BCUT2D eigenvalue weighted by atomic mass is 10.1. The molecule has 1 heterocycles. The third-order valence-corrected chi connectivity index (χ3v) is 3.88. The number of rotatable bonds is 8. The van der Waals surface area contributed by atoms with Gasteiger partial charge >= 0.3 is 0 Å². The van der Waals surface area contributed by atoms with E-state index in [1.165, 1.54) is 21.3 Å². The van der Waals surface area contributed by atoms with Crippen LogP contribution in [0.5, 0.6) is 17.2 Å². The van der Waals surface area contributed by atoms with Gasteiger partial charge in [0.05, 0.1) is 32.6 Å². The minimum absolute atomic E-state index is 0.217. The van der Waals surface area contributed by atoms with E-state index in [4.69, 9.17) is 14.2 Å². The first-order valence-corrected chi connectivity index (χ1v) is 8.10. The number of hydrogen-bond acceptors (Lipinski definition) is 5. The molecule has 0 saturated heterocycles. The Bertz CT molecular complexity index is 740. The topological polar surface area (TPSA) is 74.6 Å². The Kier molecular flexibility index (Phi) is 6.27. The van der Waals surface area contributed by atoms with Crippen LogP contribution < -0.4 is 19.5 Å². The highest BCUT2D eigenvalue weighted by atomic mass is 16.5. The van der Waals surface area contributed by atoms with Crippen LogP contribution in [0.25, 0.3) is 0 Å². The average Bonchev–Trinajstić information content (AvgIpc) is 2.94. The Labute approximate surface area is 147 Å². The molecule has 25 heavy (non-hydrogen) atoms. The molecule has 7 nitrogen and oxygen atoms in total. The van der Waals surface area contributed by atoms with Crippen LogP contribution in [0.4, 0.5) is 0 Å². The molecule has 1 aromatic heterocycles. The summed E-state index contributed by atoms with van der Waals surface area (Å²) < 4.78 is 17.8. The second-order valence-electron chi connectivity index (χ2n) is 5.64. The van der Waals surface area contributed by atoms with Crippen LogP contribution in [0.15, 0.2) is 18.2 Å². The highest BCUT2D eigenvalue weighted by molar-refractivity contribution is 5.98. The molecule has 0 aliphatic heterocycles. The summed E-state index contributed by atoms with van der Waals surface area (Å²) in [7, 11) is 4.55. The zero-order valence-corrected chi connectivity index (χ0v) is 15.4. The molecule has 0 aliphatic carbocycles. The molecule has 1 N–H and O–H groups in total.